The number of thiophene rings is 1. The van der Waals surface area contributed by atoms with Gasteiger partial charge in [-0.05, 0) is 25.4 Å². The molecule has 1 amide bonds. The van der Waals surface area contributed by atoms with Crippen LogP contribution in [-0.2, 0) is 11.2 Å². The van der Waals surface area contributed by atoms with Gasteiger partial charge in [0.15, 0.2) is 0 Å². The molecule has 2 unspecified atom stereocenters. The summed E-state index contributed by atoms with van der Waals surface area (Å²) in [4.78, 5) is 15.3. The normalized spacial score (nSPS) is 14.4. The Morgan fingerprint density at radius 2 is 2.24 bits per heavy atom. The molecule has 17 heavy (non-hydrogen) atoms. The van der Waals surface area contributed by atoms with E-state index in [1.807, 2.05) is 25.9 Å². The van der Waals surface area contributed by atoms with Crippen LogP contribution in [0.5, 0.6) is 0 Å². The van der Waals surface area contributed by atoms with Gasteiger partial charge in [0.2, 0.25) is 5.91 Å². The second-order valence-corrected chi connectivity index (χ2v) is 5.57. The molecule has 1 aromatic heterocycles. The lowest BCUT2D eigenvalue weighted by Gasteiger charge is -2.27. The number of nitrogens with one attached hydrogen (secondary N) is 1. The van der Waals surface area contributed by atoms with E-state index in [1.165, 1.54) is 4.88 Å². The van der Waals surface area contributed by atoms with E-state index in [4.69, 9.17) is 0 Å². The van der Waals surface area contributed by atoms with Gasteiger partial charge < -0.3 is 10.2 Å². The monoisotopic (exact) mass is 254 g/mol. The van der Waals surface area contributed by atoms with Crippen LogP contribution in [0.3, 0.4) is 0 Å². The topological polar surface area (TPSA) is 32.3 Å². The minimum absolute atomic E-state index is 0.0378. The Balaban J connectivity index is 2.51. The quantitative estimate of drug-likeness (QED) is 0.842. The summed E-state index contributed by atoms with van der Waals surface area (Å²) < 4.78 is 0. The molecular formula is C13H22N2OS. The summed E-state index contributed by atoms with van der Waals surface area (Å²) in [5.74, 6) is 0.249. The van der Waals surface area contributed by atoms with Crippen molar-refractivity contribution in [1.82, 2.24) is 10.2 Å². The lowest BCUT2D eigenvalue weighted by molar-refractivity contribution is -0.135. The van der Waals surface area contributed by atoms with Crippen LogP contribution in [0.25, 0.3) is 0 Å². The van der Waals surface area contributed by atoms with Crippen LogP contribution in [0.2, 0.25) is 0 Å². The molecule has 2 atom stereocenters. The average Bonchev–Trinajstić information content (AvgIpc) is 2.80. The van der Waals surface area contributed by atoms with E-state index in [2.05, 4.69) is 29.8 Å². The van der Waals surface area contributed by atoms with E-state index < -0.39 is 0 Å². The summed E-state index contributed by atoms with van der Waals surface area (Å²) in [5.41, 5.74) is 0. The molecular weight excluding hydrogens is 232 g/mol. The molecule has 0 aliphatic rings. The predicted molar refractivity (Wildman–Crippen MR) is 73.3 cm³/mol. The van der Waals surface area contributed by atoms with Crippen LogP contribution >= 0.6 is 11.3 Å². The van der Waals surface area contributed by atoms with Gasteiger partial charge in [-0.25, -0.2) is 0 Å². The standard InChI is InChI=1S/C13H22N2OS/c1-10(9-14-3)13(16)15(4)11(2)8-12-6-5-7-17-12/h5-7,10-11,14H,8-9H2,1-4H3. The van der Waals surface area contributed by atoms with Gasteiger partial charge in [-0.2, -0.15) is 0 Å². The molecule has 0 aromatic carbocycles. The summed E-state index contributed by atoms with van der Waals surface area (Å²) in [5, 5.41) is 5.12. The van der Waals surface area contributed by atoms with Gasteiger partial charge in [-0.1, -0.05) is 13.0 Å². The summed E-state index contributed by atoms with van der Waals surface area (Å²) in [6.07, 6.45) is 0.937. The SMILES string of the molecule is CNCC(C)C(=O)N(C)C(C)Cc1cccs1. The summed E-state index contributed by atoms with van der Waals surface area (Å²) in [7, 11) is 3.77. The molecule has 1 rings (SSSR count). The number of nitrogens with zero attached hydrogens (tertiary/aromatic N) is 1. The van der Waals surface area contributed by atoms with Crippen molar-refractivity contribution in [2.24, 2.45) is 5.92 Å². The summed E-state index contributed by atoms with van der Waals surface area (Å²) in [6.45, 7) is 4.80. The fourth-order valence-electron chi connectivity index (χ4n) is 1.82. The maximum absolute atomic E-state index is 12.1. The van der Waals surface area contributed by atoms with Gasteiger partial charge in [0, 0.05) is 36.9 Å². The molecule has 0 aliphatic heterocycles. The number of amides is 1. The van der Waals surface area contributed by atoms with Gasteiger partial charge in [0.1, 0.15) is 0 Å². The highest BCUT2D eigenvalue weighted by molar-refractivity contribution is 7.09. The fourth-order valence-corrected chi connectivity index (χ4v) is 2.64. The molecule has 3 nitrogen and oxygen atoms in total. The Labute approximate surface area is 108 Å². The fraction of sp³-hybridized carbons (Fsp3) is 0.615. The predicted octanol–water partition coefficient (Wildman–Crippen LogP) is 1.99. The molecule has 1 N–H and O–H groups in total. The molecule has 0 radical (unpaired) electrons. The zero-order chi connectivity index (χ0) is 12.8. The van der Waals surface area contributed by atoms with Gasteiger partial charge in [-0.3, -0.25) is 4.79 Å². The molecule has 96 valence electrons. The first-order valence-electron chi connectivity index (χ1n) is 6.00. The first-order valence-corrected chi connectivity index (χ1v) is 6.87. The molecule has 0 bridgehead atoms. The zero-order valence-electron chi connectivity index (χ0n) is 11.1. The minimum Gasteiger partial charge on any atom is -0.342 e. The number of rotatable bonds is 6. The van der Waals surface area contributed by atoms with Crippen LogP contribution < -0.4 is 5.32 Å². The smallest absolute Gasteiger partial charge is 0.226 e. The Morgan fingerprint density at radius 1 is 1.53 bits per heavy atom. The third kappa shape index (κ3) is 4.13. The Bertz CT molecular complexity index is 337. The molecule has 4 heteroatoms. The average molecular weight is 254 g/mol. The Kier molecular flexibility index (Phi) is 5.65. The second kappa shape index (κ2) is 6.77. The van der Waals surface area contributed by atoms with E-state index >= 15 is 0 Å². The number of hydrogen-bond acceptors (Lipinski definition) is 3. The number of likely N-dealkylation sites (N-methyl/N-ethyl adjacent to an activating group) is 1. The van der Waals surface area contributed by atoms with Gasteiger partial charge in [0.25, 0.3) is 0 Å². The summed E-state index contributed by atoms with van der Waals surface area (Å²) >= 11 is 1.75. The van der Waals surface area contributed by atoms with E-state index in [9.17, 15) is 4.79 Å². The third-order valence-electron chi connectivity index (χ3n) is 3.02. The highest BCUT2D eigenvalue weighted by Gasteiger charge is 2.21. The van der Waals surface area contributed by atoms with Crippen molar-refractivity contribution in [3.05, 3.63) is 22.4 Å². The molecule has 0 saturated carbocycles. The minimum atomic E-state index is 0.0378. The summed E-state index contributed by atoms with van der Waals surface area (Å²) in [6, 6.07) is 4.43. The van der Waals surface area contributed by atoms with E-state index in [-0.39, 0.29) is 17.9 Å². The van der Waals surface area contributed by atoms with E-state index in [0.29, 0.717) is 0 Å². The van der Waals surface area contributed by atoms with Crippen molar-refractivity contribution in [3.8, 4) is 0 Å². The van der Waals surface area contributed by atoms with Crippen molar-refractivity contribution < 1.29 is 4.79 Å². The van der Waals surface area contributed by atoms with E-state index in [0.717, 1.165) is 13.0 Å². The van der Waals surface area contributed by atoms with Crippen LogP contribution in [0.15, 0.2) is 17.5 Å². The van der Waals surface area contributed by atoms with Gasteiger partial charge in [-0.15, -0.1) is 11.3 Å². The van der Waals surface area contributed by atoms with Gasteiger partial charge in [0.05, 0.1) is 0 Å². The number of carbonyl (C=O) groups excluding carboxylic acids is 1. The molecule has 0 saturated heterocycles. The first-order chi connectivity index (χ1) is 8.06. The van der Waals surface area contributed by atoms with Crippen molar-refractivity contribution >= 4 is 17.2 Å². The lowest BCUT2D eigenvalue weighted by Crippen LogP contribution is -2.41. The largest absolute Gasteiger partial charge is 0.342 e. The van der Waals surface area contributed by atoms with Crippen molar-refractivity contribution in [3.63, 3.8) is 0 Å². The third-order valence-corrected chi connectivity index (χ3v) is 3.92. The zero-order valence-corrected chi connectivity index (χ0v) is 11.9. The van der Waals surface area contributed by atoms with Crippen molar-refractivity contribution in [1.29, 1.82) is 0 Å². The molecule has 1 heterocycles. The van der Waals surface area contributed by atoms with Gasteiger partial charge >= 0.3 is 0 Å². The number of carbonyl (C=O) groups is 1. The molecule has 1 aromatic rings. The highest BCUT2D eigenvalue weighted by Crippen LogP contribution is 2.14. The van der Waals surface area contributed by atoms with Crippen LogP contribution in [-0.4, -0.2) is 37.5 Å². The Hall–Kier alpha value is -0.870. The van der Waals surface area contributed by atoms with E-state index in [1.54, 1.807) is 11.3 Å². The molecule has 0 spiro atoms. The van der Waals surface area contributed by atoms with Crippen LogP contribution in [0.1, 0.15) is 18.7 Å². The molecule has 0 aliphatic carbocycles. The first kappa shape index (κ1) is 14.2. The second-order valence-electron chi connectivity index (χ2n) is 4.54. The van der Waals surface area contributed by atoms with Crippen molar-refractivity contribution in [2.75, 3.05) is 20.6 Å². The maximum atomic E-state index is 12.1. The maximum Gasteiger partial charge on any atom is 0.226 e. The lowest BCUT2D eigenvalue weighted by atomic mass is 10.1. The van der Waals surface area contributed by atoms with Crippen LogP contribution in [0.4, 0.5) is 0 Å². The van der Waals surface area contributed by atoms with Crippen molar-refractivity contribution in [2.45, 2.75) is 26.3 Å². The molecule has 0 fully saturated rings. The highest BCUT2D eigenvalue weighted by atomic mass is 32.1. The Morgan fingerprint density at radius 3 is 2.76 bits per heavy atom. The van der Waals surface area contributed by atoms with Crippen LogP contribution in [0, 0.1) is 5.92 Å². The number of hydrogen-bond donors (Lipinski definition) is 1.